The van der Waals surface area contributed by atoms with E-state index in [1.54, 1.807) is 19.2 Å². The molecule has 2 atom stereocenters. The average molecular weight is 324 g/mol. The van der Waals surface area contributed by atoms with Crippen molar-refractivity contribution in [3.05, 3.63) is 0 Å². The molecule has 5 nitrogen and oxygen atoms in total. The number of hydrogen-bond acceptors (Lipinski definition) is 3. The SMILES string of the molecule is CC(C)[C@H](NC(=O)C(F)(F)F)C(=O)NC[C@@H]1CCC(C)(C)O1. The Morgan fingerprint density at radius 1 is 1.32 bits per heavy atom. The van der Waals surface area contributed by atoms with E-state index in [-0.39, 0.29) is 18.2 Å². The highest BCUT2D eigenvalue weighted by atomic mass is 19.4. The quantitative estimate of drug-likeness (QED) is 0.810. The summed E-state index contributed by atoms with van der Waals surface area (Å²) in [6, 6.07) is -1.23. The maximum Gasteiger partial charge on any atom is 0.471 e. The van der Waals surface area contributed by atoms with E-state index in [1.165, 1.54) is 0 Å². The molecular weight excluding hydrogens is 301 g/mol. The molecule has 0 radical (unpaired) electrons. The van der Waals surface area contributed by atoms with Crippen LogP contribution in [0.15, 0.2) is 0 Å². The standard InChI is InChI=1S/C14H23F3N2O3/c1-8(2)10(19-12(21)14(15,16)17)11(20)18-7-9-5-6-13(3,4)22-9/h8-10H,5-7H2,1-4H3,(H,18,20)(H,19,21)/t9-,10-/m0/s1. The van der Waals surface area contributed by atoms with E-state index >= 15 is 0 Å². The zero-order chi connectivity index (χ0) is 17.1. The molecule has 1 saturated heterocycles. The van der Waals surface area contributed by atoms with E-state index in [0.717, 1.165) is 12.8 Å². The summed E-state index contributed by atoms with van der Waals surface area (Å²) in [5.41, 5.74) is -0.253. The number of halogens is 3. The second-order valence-corrected chi connectivity index (χ2v) is 6.48. The third-order valence-electron chi connectivity index (χ3n) is 3.55. The van der Waals surface area contributed by atoms with Crippen molar-refractivity contribution in [2.45, 2.75) is 64.5 Å². The first kappa shape index (κ1) is 18.7. The smallest absolute Gasteiger partial charge is 0.371 e. The van der Waals surface area contributed by atoms with Gasteiger partial charge in [-0.3, -0.25) is 9.59 Å². The van der Waals surface area contributed by atoms with Crippen LogP contribution in [0, 0.1) is 5.92 Å². The number of nitrogens with one attached hydrogen (secondary N) is 2. The summed E-state index contributed by atoms with van der Waals surface area (Å²) in [6.07, 6.45) is -3.54. The van der Waals surface area contributed by atoms with Crippen LogP contribution in [0.2, 0.25) is 0 Å². The normalized spacial score (nSPS) is 22.5. The Balaban J connectivity index is 2.54. The predicted octanol–water partition coefficient (Wildman–Crippen LogP) is 1.76. The summed E-state index contributed by atoms with van der Waals surface area (Å²) < 4.78 is 42.6. The molecule has 0 aromatic rings. The Hall–Kier alpha value is -1.31. The number of amides is 2. The number of carbonyl (C=O) groups excluding carboxylic acids is 2. The molecule has 0 unspecified atom stereocenters. The molecule has 0 spiro atoms. The molecule has 2 amide bonds. The third-order valence-corrected chi connectivity index (χ3v) is 3.55. The number of carbonyl (C=O) groups is 2. The van der Waals surface area contributed by atoms with Crippen molar-refractivity contribution in [2.75, 3.05) is 6.54 Å². The van der Waals surface area contributed by atoms with Gasteiger partial charge in [0.1, 0.15) is 6.04 Å². The predicted molar refractivity (Wildman–Crippen MR) is 74.0 cm³/mol. The van der Waals surface area contributed by atoms with E-state index < -0.39 is 30.0 Å². The minimum absolute atomic E-state index is 0.162. The van der Waals surface area contributed by atoms with E-state index in [2.05, 4.69) is 5.32 Å². The molecule has 1 fully saturated rings. The van der Waals surface area contributed by atoms with Gasteiger partial charge < -0.3 is 15.4 Å². The maximum absolute atomic E-state index is 12.3. The van der Waals surface area contributed by atoms with Gasteiger partial charge in [0, 0.05) is 6.54 Å². The first-order valence-corrected chi connectivity index (χ1v) is 7.25. The van der Waals surface area contributed by atoms with Crippen LogP contribution in [0.3, 0.4) is 0 Å². The van der Waals surface area contributed by atoms with Crippen LogP contribution in [0.1, 0.15) is 40.5 Å². The van der Waals surface area contributed by atoms with Gasteiger partial charge in [0.25, 0.3) is 0 Å². The lowest BCUT2D eigenvalue weighted by atomic mass is 10.0. The van der Waals surface area contributed by atoms with Gasteiger partial charge in [-0.25, -0.2) is 0 Å². The van der Waals surface area contributed by atoms with Crippen LogP contribution >= 0.6 is 0 Å². The summed E-state index contributed by atoms with van der Waals surface area (Å²) >= 11 is 0. The van der Waals surface area contributed by atoms with Gasteiger partial charge >= 0.3 is 12.1 Å². The fourth-order valence-corrected chi connectivity index (χ4v) is 2.30. The van der Waals surface area contributed by atoms with Gasteiger partial charge in [-0.2, -0.15) is 13.2 Å². The Kier molecular flexibility index (Phi) is 5.83. The lowest BCUT2D eigenvalue weighted by Crippen LogP contribution is -2.53. The molecule has 22 heavy (non-hydrogen) atoms. The first-order chi connectivity index (χ1) is 9.92. The van der Waals surface area contributed by atoms with Crippen LogP contribution in [0.5, 0.6) is 0 Å². The van der Waals surface area contributed by atoms with Crippen LogP contribution in [-0.4, -0.2) is 42.3 Å². The molecule has 128 valence electrons. The molecular formula is C14H23F3N2O3. The van der Waals surface area contributed by atoms with Gasteiger partial charge in [0.05, 0.1) is 11.7 Å². The second-order valence-electron chi connectivity index (χ2n) is 6.48. The van der Waals surface area contributed by atoms with Crippen LogP contribution in [0.4, 0.5) is 13.2 Å². The molecule has 0 aliphatic carbocycles. The maximum atomic E-state index is 12.3. The zero-order valence-electron chi connectivity index (χ0n) is 13.2. The highest BCUT2D eigenvalue weighted by Gasteiger charge is 2.41. The molecule has 1 aliphatic rings. The van der Waals surface area contributed by atoms with Gasteiger partial charge in [-0.15, -0.1) is 0 Å². The Morgan fingerprint density at radius 2 is 1.91 bits per heavy atom. The molecule has 1 heterocycles. The van der Waals surface area contributed by atoms with E-state index in [9.17, 15) is 22.8 Å². The molecule has 0 bridgehead atoms. The summed E-state index contributed by atoms with van der Waals surface area (Å²) in [5.74, 6) is -3.22. The molecule has 8 heteroatoms. The fourth-order valence-electron chi connectivity index (χ4n) is 2.30. The number of alkyl halides is 3. The summed E-state index contributed by atoms with van der Waals surface area (Å²) in [6.45, 7) is 7.23. The van der Waals surface area contributed by atoms with Crippen molar-refractivity contribution in [3.8, 4) is 0 Å². The molecule has 2 N–H and O–H groups in total. The first-order valence-electron chi connectivity index (χ1n) is 7.25. The van der Waals surface area contributed by atoms with E-state index in [1.807, 2.05) is 13.8 Å². The lowest BCUT2D eigenvalue weighted by Gasteiger charge is -2.24. The van der Waals surface area contributed by atoms with Crippen molar-refractivity contribution in [2.24, 2.45) is 5.92 Å². The third kappa shape index (κ3) is 5.47. The van der Waals surface area contributed by atoms with E-state index in [0.29, 0.717) is 0 Å². The van der Waals surface area contributed by atoms with Gasteiger partial charge in [0.15, 0.2) is 0 Å². The van der Waals surface area contributed by atoms with Crippen LogP contribution in [0.25, 0.3) is 0 Å². The minimum atomic E-state index is -5.01. The van der Waals surface area contributed by atoms with Crippen molar-refractivity contribution in [1.82, 2.24) is 10.6 Å². The van der Waals surface area contributed by atoms with Crippen molar-refractivity contribution in [3.63, 3.8) is 0 Å². The Morgan fingerprint density at radius 3 is 2.32 bits per heavy atom. The summed E-state index contributed by atoms with van der Waals surface area (Å²) in [4.78, 5) is 23.0. The topological polar surface area (TPSA) is 67.4 Å². The monoisotopic (exact) mass is 324 g/mol. The van der Waals surface area contributed by atoms with Crippen molar-refractivity contribution >= 4 is 11.8 Å². The number of hydrogen-bond donors (Lipinski definition) is 2. The highest BCUT2D eigenvalue weighted by Crippen LogP contribution is 2.28. The molecule has 0 aromatic carbocycles. The lowest BCUT2D eigenvalue weighted by molar-refractivity contribution is -0.175. The zero-order valence-corrected chi connectivity index (χ0v) is 13.2. The average Bonchev–Trinajstić information content (AvgIpc) is 2.70. The molecule has 0 aromatic heterocycles. The molecule has 1 aliphatic heterocycles. The largest absolute Gasteiger partial charge is 0.471 e. The van der Waals surface area contributed by atoms with Gasteiger partial charge in [-0.1, -0.05) is 13.8 Å². The summed E-state index contributed by atoms with van der Waals surface area (Å²) in [5, 5.41) is 4.29. The Bertz CT molecular complexity index is 422. The highest BCUT2D eigenvalue weighted by molar-refractivity contribution is 5.89. The van der Waals surface area contributed by atoms with Gasteiger partial charge in [-0.05, 0) is 32.6 Å². The summed E-state index contributed by atoms with van der Waals surface area (Å²) in [7, 11) is 0. The second kappa shape index (κ2) is 6.85. The van der Waals surface area contributed by atoms with E-state index in [4.69, 9.17) is 4.74 Å². The Labute approximate surface area is 128 Å². The van der Waals surface area contributed by atoms with Crippen molar-refractivity contribution < 1.29 is 27.5 Å². The minimum Gasteiger partial charge on any atom is -0.371 e. The number of ether oxygens (including phenoxy) is 1. The molecule has 1 rings (SSSR count). The molecule has 0 saturated carbocycles. The van der Waals surface area contributed by atoms with Crippen molar-refractivity contribution in [1.29, 1.82) is 0 Å². The fraction of sp³-hybridized carbons (Fsp3) is 0.857. The van der Waals surface area contributed by atoms with Gasteiger partial charge in [0.2, 0.25) is 5.91 Å². The number of rotatable bonds is 5. The van der Waals surface area contributed by atoms with Crippen LogP contribution in [-0.2, 0) is 14.3 Å². The van der Waals surface area contributed by atoms with Crippen LogP contribution < -0.4 is 10.6 Å².